The SMILES string of the molecule is CCCCCCCCCCCC(C)O.CCCCCCCCCCCC(C)O.O=S(=O)(O)O. The molecule has 0 saturated carbocycles. The Morgan fingerprint density at radius 1 is 0.485 bits per heavy atom. The molecule has 33 heavy (non-hydrogen) atoms. The summed E-state index contributed by atoms with van der Waals surface area (Å²) >= 11 is 0. The predicted molar refractivity (Wildman–Crippen MR) is 141 cm³/mol. The predicted octanol–water partition coefficient (Wildman–Crippen LogP) is 7.92. The normalized spacial score (nSPS) is 12.8. The topological polar surface area (TPSA) is 115 Å². The average molecular weight is 499 g/mol. The van der Waals surface area contributed by atoms with Gasteiger partial charge in [-0.15, -0.1) is 0 Å². The summed E-state index contributed by atoms with van der Waals surface area (Å²) in [5.74, 6) is 0. The van der Waals surface area contributed by atoms with Crippen LogP contribution in [0.5, 0.6) is 0 Å². The largest absolute Gasteiger partial charge is 0.394 e. The lowest BCUT2D eigenvalue weighted by Gasteiger charge is -2.03. The molecule has 0 aliphatic rings. The second kappa shape index (κ2) is 29.8. The van der Waals surface area contributed by atoms with Crippen molar-refractivity contribution >= 4 is 10.4 Å². The number of unbranched alkanes of at least 4 members (excludes halogenated alkanes) is 16. The van der Waals surface area contributed by atoms with Gasteiger partial charge in [0.05, 0.1) is 12.2 Å². The average Bonchev–Trinajstić information content (AvgIpc) is 2.70. The highest BCUT2D eigenvalue weighted by Gasteiger charge is 1.96. The summed E-state index contributed by atoms with van der Waals surface area (Å²) < 4.78 is 31.6. The molecule has 0 rings (SSSR count). The number of hydrogen-bond acceptors (Lipinski definition) is 4. The van der Waals surface area contributed by atoms with Crippen LogP contribution in [0.15, 0.2) is 0 Å². The van der Waals surface area contributed by atoms with Crippen molar-refractivity contribution in [3.05, 3.63) is 0 Å². The number of rotatable bonds is 20. The monoisotopic (exact) mass is 498 g/mol. The molecule has 6 nitrogen and oxygen atoms in total. The molecule has 0 saturated heterocycles. The van der Waals surface area contributed by atoms with E-state index in [-0.39, 0.29) is 12.2 Å². The maximum atomic E-state index is 9.05. The van der Waals surface area contributed by atoms with Crippen molar-refractivity contribution in [2.24, 2.45) is 0 Å². The molecule has 0 amide bonds. The van der Waals surface area contributed by atoms with Gasteiger partial charge in [-0.25, -0.2) is 0 Å². The van der Waals surface area contributed by atoms with Gasteiger partial charge in [0.2, 0.25) is 0 Å². The third kappa shape index (κ3) is 59.4. The van der Waals surface area contributed by atoms with Crippen LogP contribution in [0.4, 0.5) is 0 Å². The maximum absolute atomic E-state index is 9.05. The quantitative estimate of drug-likeness (QED) is 0.100. The van der Waals surface area contributed by atoms with E-state index in [1.807, 2.05) is 13.8 Å². The zero-order valence-corrected chi connectivity index (χ0v) is 23.1. The van der Waals surface area contributed by atoms with Crippen LogP contribution in [0.2, 0.25) is 0 Å². The molecule has 7 heteroatoms. The first-order chi connectivity index (χ1) is 15.5. The second-order valence-corrected chi connectivity index (χ2v) is 10.3. The number of aliphatic hydroxyl groups is 2. The Hall–Kier alpha value is -0.210. The fourth-order valence-electron chi connectivity index (χ4n) is 3.50. The smallest absolute Gasteiger partial charge is 0.393 e. The molecule has 0 spiro atoms. The first-order valence-corrected chi connectivity index (χ1v) is 15.0. The summed E-state index contributed by atoms with van der Waals surface area (Å²) in [5.41, 5.74) is 0. The van der Waals surface area contributed by atoms with Crippen LogP contribution in [0.3, 0.4) is 0 Å². The van der Waals surface area contributed by atoms with Crippen LogP contribution < -0.4 is 0 Å². The van der Waals surface area contributed by atoms with E-state index in [1.165, 1.54) is 116 Å². The Balaban J connectivity index is -0.000000453. The van der Waals surface area contributed by atoms with Crippen molar-refractivity contribution in [2.45, 2.75) is 168 Å². The van der Waals surface area contributed by atoms with E-state index in [4.69, 9.17) is 27.7 Å². The first-order valence-electron chi connectivity index (χ1n) is 13.6. The molecule has 0 aliphatic heterocycles. The highest BCUT2D eigenvalue weighted by Crippen LogP contribution is 2.12. The molecule has 0 bridgehead atoms. The molecule has 0 aromatic heterocycles. The lowest BCUT2D eigenvalue weighted by Crippen LogP contribution is -1.98. The van der Waals surface area contributed by atoms with E-state index < -0.39 is 10.4 Å². The van der Waals surface area contributed by atoms with Gasteiger partial charge in [-0.1, -0.05) is 129 Å². The van der Waals surface area contributed by atoms with E-state index in [2.05, 4.69) is 13.8 Å². The minimum atomic E-state index is -4.67. The Morgan fingerprint density at radius 2 is 0.667 bits per heavy atom. The van der Waals surface area contributed by atoms with Gasteiger partial charge in [-0.05, 0) is 26.7 Å². The third-order valence-electron chi connectivity index (χ3n) is 5.45. The zero-order chi connectivity index (χ0) is 25.8. The molecule has 0 aromatic carbocycles. The van der Waals surface area contributed by atoms with Crippen LogP contribution in [-0.2, 0) is 10.4 Å². The van der Waals surface area contributed by atoms with E-state index in [9.17, 15) is 0 Å². The van der Waals surface area contributed by atoms with E-state index >= 15 is 0 Å². The maximum Gasteiger partial charge on any atom is 0.394 e. The van der Waals surface area contributed by atoms with Gasteiger partial charge in [-0.2, -0.15) is 8.42 Å². The van der Waals surface area contributed by atoms with E-state index in [0.717, 1.165) is 12.8 Å². The zero-order valence-electron chi connectivity index (χ0n) is 22.3. The number of hydrogen-bond donors (Lipinski definition) is 4. The minimum Gasteiger partial charge on any atom is -0.393 e. The third-order valence-corrected chi connectivity index (χ3v) is 5.45. The number of aliphatic hydroxyl groups excluding tert-OH is 2. The van der Waals surface area contributed by atoms with Gasteiger partial charge in [0, 0.05) is 0 Å². The van der Waals surface area contributed by atoms with Gasteiger partial charge in [-0.3, -0.25) is 9.11 Å². The highest BCUT2D eigenvalue weighted by molar-refractivity contribution is 7.79. The van der Waals surface area contributed by atoms with Crippen molar-refractivity contribution in [1.29, 1.82) is 0 Å². The Morgan fingerprint density at radius 3 is 0.848 bits per heavy atom. The lowest BCUT2D eigenvalue weighted by atomic mass is 10.1. The van der Waals surface area contributed by atoms with Gasteiger partial charge < -0.3 is 10.2 Å². The molecule has 2 atom stereocenters. The standard InChI is InChI=1S/2C13H28O.H2O4S/c2*1-3-4-5-6-7-8-9-10-11-12-13(2)14;1-5(2,3)4/h2*13-14H,3-12H2,1-2H3;(H2,1,2,3,4). The summed E-state index contributed by atoms with van der Waals surface area (Å²) in [6.45, 7) is 8.28. The minimum absolute atomic E-state index is 0.0976. The fourth-order valence-corrected chi connectivity index (χ4v) is 3.50. The summed E-state index contributed by atoms with van der Waals surface area (Å²) in [7, 11) is -4.67. The molecule has 204 valence electrons. The first kappa shape index (κ1) is 37.3. The summed E-state index contributed by atoms with van der Waals surface area (Å²) in [5, 5.41) is 18.1. The van der Waals surface area contributed by atoms with Crippen LogP contribution in [0.25, 0.3) is 0 Å². The van der Waals surface area contributed by atoms with E-state index in [0.29, 0.717) is 0 Å². The van der Waals surface area contributed by atoms with Crippen molar-refractivity contribution in [3.8, 4) is 0 Å². The Bertz CT molecular complexity index is 404. The molecule has 4 N–H and O–H groups in total. The van der Waals surface area contributed by atoms with Crippen LogP contribution in [0, 0.1) is 0 Å². The highest BCUT2D eigenvalue weighted by atomic mass is 32.3. The molecule has 0 aliphatic carbocycles. The van der Waals surface area contributed by atoms with Crippen LogP contribution >= 0.6 is 0 Å². The van der Waals surface area contributed by atoms with Gasteiger partial charge in [0.1, 0.15) is 0 Å². The Kier molecular flexibility index (Phi) is 33.7. The second-order valence-electron chi connectivity index (χ2n) is 9.38. The van der Waals surface area contributed by atoms with E-state index in [1.54, 1.807) is 0 Å². The van der Waals surface area contributed by atoms with Crippen molar-refractivity contribution < 1.29 is 27.7 Å². The molecule has 0 radical (unpaired) electrons. The fraction of sp³-hybridized carbons (Fsp3) is 1.00. The molecule has 2 unspecified atom stereocenters. The van der Waals surface area contributed by atoms with Gasteiger partial charge >= 0.3 is 10.4 Å². The molecule has 0 heterocycles. The summed E-state index contributed by atoms with van der Waals surface area (Å²) in [6.07, 6.45) is 26.3. The van der Waals surface area contributed by atoms with Gasteiger partial charge in [0.25, 0.3) is 0 Å². The molecular weight excluding hydrogens is 440 g/mol. The molecule has 0 fully saturated rings. The summed E-state index contributed by atoms with van der Waals surface area (Å²) in [6, 6.07) is 0. The van der Waals surface area contributed by atoms with Crippen LogP contribution in [0.1, 0.15) is 156 Å². The van der Waals surface area contributed by atoms with Crippen LogP contribution in [-0.4, -0.2) is 39.9 Å². The van der Waals surface area contributed by atoms with Crippen molar-refractivity contribution in [2.75, 3.05) is 0 Å². The molecule has 0 aromatic rings. The van der Waals surface area contributed by atoms with Crippen molar-refractivity contribution in [3.63, 3.8) is 0 Å². The Labute approximate surface area is 206 Å². The molecular formula is C26H58O6S. The van der Waals surface area contributed by atoms with Crippen molar-refractivity contribution in [1.82, 2.24) is 0 Å². The van der Waals surface area contributed by atoms with Gasteiger partial charge in [0.15, 0.2) is 0 Å². The summed E-state index contributed by atoms with van der Waals surface area (Å²) in [4.78, 5) is 0. The lowest BCUT2D eigenvalue weighted by molar-refractivity contribution is 0.180.